The predicted molar refractivity (Wildman–Crippen MR) is 88.6 cm³/mol. The molecule has 1 aliphatic carbocycles. The van der Waals surface area contributed by atoms with Gasteiger partial charge < -0.3 is 15.0 Å². The van der Waals surface area contributed by atoms with Gasteiger partial charge in [-0.2, -0.15) is 0 Å². The van der Waals surface area contributed by atoms with E-state index in [-0.39, 0.29) is 23.7 Å². The van der Waals surface area contributed by atoms with Gasteiger partial charge in [0, 0.05) is 13.1 Å². The predicted octanol–water partition coefficient (Wildman–Crippen LogP) is 2.48. The minimum Gasteiger partial charge on any atom is -0.390 e. The summed E-state index contributed by atoms with van der Waals surface area (Å²) < 4.78 is 1.86. The number of rotatable bonds is 6. The maximum Gasteiger partial charge on any atom is 0.234 e. The summed E-state index contributed by atoms with van der Waals surface area (Å²) in [5, 5.41) is 13.1. The number of aliphatic hydroxyl groups excluding tert-OH is 1. The molecule has 1 saturated carbocycles. The van der Waals surface area contributed by atoms with Crippen molar-refractivity contribution in [2.75, 3.05) is 0 Å². The van der Waals surface area contributed by atoms with Crippen molar-refractivity contribution >= 4 is 17.7 Å². The number of aliphatic hydroxyl groups is 1. The van der Waals surface area contributed by atoms with Crippen LogP contribution in [0.4, 0.5) is 0 Å². The van der Waals surface area contributed by atoms with Crippen LogP contribution in [0.25, 0.3) is 0 Å². The van der Waals surface area contributed by atoms with Gasteiger partial charge in [0.1, 0.15) is 0 Å². The monoisotopic (exact) mass is 325 g/mol. The summed E-state index contributed by atoms with van der Waals surface area (Å²) in [6, 6.07) is 0.331. The third-order valence-electron chi connectivity index (χ3n) is 4.25. The van der Waals surface area contributed by atoms with Crippen LogP contribution in [-0.4, -0.2) is 31.9 Å². The van der Waals surface area contributed by atoms with Crippen molar-refractivity contribution in [3.05, 3.63) is 11.9 Å². The zero-order valence-corrected chi connectivity index (χ0v) is 14.5. The molecule has 1 fully saturated rings. The van der Waals surface area contributed by atoms with E-state index in [1.807, 2.05) is 11.6 Å². The Morgan fingerprint density at radius 1 is 1.45 bits per heavy atom. The number of hydrogen-bond acceptors (Lipinski definition) is 4. The summed E-state index contributed by atoms with van der Waals surface area (Å²) >= 11 is 1.49. The molecular formula is C16H27N3O2S. The highest BCUT2D eigenvalue weighted by atomic mass is 32.2. The number of aromatic nitrogens is 2. The fourth-order valence-electron chi connectivity index (χ4n) is 2.82. The van der Waals surface area contributed by atoms with Crippen molar-refractivity contribution in [1.82, 2.24) is 14.9 Å². The standard InChI is InChI=1S/C16H27N3O2S/c1-11(2)14(15(21)18-12-7-5-4-6-8-12)22-16-17-9-13(10-20)19(16)3/h9,11-12,14,20H,4-8,10H2,1-3H3,(H,18,21). The summed E-state index contributed by atoms with van der Waals surface area (Å²) in [6.07, 6.45) is 7.56. The number of thioether (sulfide) groups is 1. The Balaban J connectivity index is 2.02. The number of imidazole rings is 1. The van der Waals surface area contributed by atoms with Crippen molar-refractivity contribution in [3.8, 4) is 0 Å². The van der Waals surface area contributed by atoms with Crippen LogP contribution in [0.1, 0.15) is 51.6 Å². The SMILES string of the molecule is CC(C)C(Sc1ncc(CO)n1C)C(=O)NC1CCCCC1. The van der Waals surface area contributed by atoms with Gasteiger partial charge in [0.25, 0.3) is 0 Å². The molecule has 0 bridgehead atoms. The third-order valence-corrected chi connectivity index (χ3v) is 5.85. The maximum atomic E-state index is 12.6. The van der Waals surface area contributed by atoms with Gasteiger partial charge in [0.2, 0.25) is 5.91 Å². The lowest BCUT2D eigenvalue weighted by atomic mass is 9.95. The Bertz CT molecular complexity index is 496. The second kappa shape index (κ2) is 8.02. The number of amides is 1. The van der Waals surface area contributed by atoms with Gasteiger partial charge in [-0.25, -0.2) is 4.98 Å². The van der Waals surface area contributed by atoms with E-state index < -0.39 is 0 Å². The molecular weight excluding hydrogens is 298 g/mol. The van der Waals surface area contributed by atoms with Crippen LogP contribution in [0.3, 0.4) is 0 Å². The van der Waals surface area contributed by atoms with E-state index in [0.29, 0.717) is 6.04 Å². The fraction of sp³-hybridized carbons (Fsp3) is 0.750. The minimum atomic E-state index is -0.158. The number of carbonyl (C=O) groups excluding carboxylic acids is 1. The van der Waals surface area contributed by atoms with Crippen molar-refractivity contribution < 1.29 is 9.90 Å². The molecule has 1 aromatic rings. The lowest BCUT2D eigenvalue weighted by Crippen LogP contribution is -2.43. The van der Waals surface area contributed by atoms with Gasteiger partial charge in [-0.05, 0) is 18.8 Å². The number of carbonyl (C=O) groups is 1. The summed E-state index contributed by atoms with van der Waals surface area (Å²) in [4.78, 5) is 17.0. The van der Waals surface area contributed by atoms with Gasteiger partial charge in [0.15, 0.2) is 5.16 Å². The molecule has 1 aromatic heterocycles. The van der Waals surface area contributed by atoms with E-state index >= 15 is 0 Å². The molecule has 22 heavy (non-hydrogen) atoms. The summed E-state index contributed by atoms with van der Waals surface area (Å²) in [6.45, 7) is 4.09. The minimum absolute atomic E-state index is 0.0370. The lowest BCUT2D eigenvalue weighted by molar-refractivity contribution is -0.122. The normalized spacial score (nSPS) is 17.7. The largest absolute Gasteiger partial charge is 0.390 e. The van der Waals surface area contributed by atoms with Crippen LogP contribution in [0.5, 0.6) is 0 Å². The van der Waals surface area contributed by atoms with E-state index in [1.54, 1.807) is 6.20 Å². The zero-order chi connectivity index (χ0) is 16.1. The van der Waals surface area contributed by atoms with Gasteiger partial charge in [-0.1, -0.05) is 44.9 Å². The van der Waals surface area contributed by atoms with Crippen LogP contribution >= 0.6 is 11.8 Å². The average molecular weight is 325 g/mol. The highest BCUT2D eigenvalue weighted by molar-refractivity contribution is 8.00. The Labute approximate surface area is 136 Å². The quantitative estimate of drug-likeness (QED) is 0.789. The molecule has 1 amide bonds. The van der Waals surface area contributed by atoms with E-state index in [2.05, 4.69) is 24.1 Å². The first-order chi connectivity index (χ1) is 10.5. The lowest BCUT2D eigenvalue weighted by Gasteiger charge is -2.26. The molecule has 2 N–H and O–H groups in total. The molecule has 2 rings (SSSR count). The molecule has 124 valence electrons. The van der Waals surface area contributed by atoms with E-state index in [0.717, 1.165) is 23.7 Å². The van der Waals surface area contributed by atoms with Gasteiger partial charge in [-0.15, -0.1) is 0 Å². The maximum absolute atomic E-state index is 12.6. The first-order valence-electron chi connectivity index (χ1n) is 8.11. The number of hydrogen-bond donors (Lipinski definition) is 2. The molecule has 1 heterocycles. The van der Waals surface area contributed by atoms with Crippen LogP contribution < -0.4 is 5.32 Å². The average Bonchev–Trinajstić information content (AvgIpc) is 2.85. The van der Waals surface area contributed by atoms with Crippen LogP contribution in [-0.2, 0) is 18.4 Å². The number of nitrogens with zero attached hydrogens (tertiary/aromatic N) is 2. The molecule has 1 aliphatic rings. The van der Waals surface area contributed by atoms with Crippen molar-refractivity contribution in [2.24, 2.45) is 13.0 Å². The Kier molecular flexibility index (Phi) is 6.32. The molecule has 0 spiro atoms. The van der Waals surface area contributed by atoms with Crippen LogP contribution in [0.2, 0.25) is 0 Å². The second-order valence-corrected chi connectivity index (χ2v) is 7.48. The number of nitrogens with one attached hydrogen (secondary N) is 1. The molecule has 0 radical (unpaired) electrons. The zero-order valence-electron chi connectivity index (χ0n) is 13.7. The van der Waals surface area contributed by atoms with Crippen LogP contribution in [0.15, 0.2) is 11.4 Å². The Hall–Kier alpha value is -1.01. The third kappa shape index (κ3) is 4.26. The molecule has 5 nitrogen and oxygen atoms in total. The molecule has 1 unspecified atom stereocenters. The molecule has 0 aromatic carbocycles. The van der Waals surface area contributed by atoms with E-state index in [4.69, 9.17) is 0 Å². The van der Waals surface area contributed by atoms with Gasteiger partial charge >= 0.3 is 0 Å². The van der Waals surface area contributed by atoms with Crippen molar-refractivity contribution in [1.29, 1.82) is 0 Å². The highest BCUT2D eigenvalue weighted by Crippen LogP contribution is 2.28. The molecule has 0 saturated heterocycles. The summed E-state index contributed by atoms with van der Waals surface area (Å²) in [7, 11) is 1.87. The smallest absolute Gasteiger partial charge is 0.234 e. The van der Waals surface area contributed by atoms with E-state index in [1.165, 1.54) is 31.0 Å². The first kappa shape index (κ1) is 17.3. The Morgan fingerprint density at radius 3 is 2.68 bits per heavy atom. The fourth-order valence-corrected chi connectivity index (χ4v) is 3.88. The van der Waals surface area contributed by atoms with Crippen molar-refractivity contribution in [3.63, 3.8) is 0 Å². The summed E-state index contributed by atoms with van der Waals surface area (Å²) in [5.74, 6) is 0.336. The van der Waals surface area contributed by atoms with Gasteiger partial charge in [-0.3, -0.25) is 4.79 Å². The topological polar surface area (TPSA) is 67.2 Å². The Morgan fingerprint density at radius 2 is 2.14 bits per heavy atom. The highest BCUT2D eigenvalue weighted by Gasteiger charge is 2.27. The molecule has 1 atom stereocenters. The van der Waals surface area contributed by atoms with Gasteiger partial charge in [0.05, 0.1) is 23.7 Å². The van der Waals surface area contributed by atoms with E-state index in [9.17, 15) is 9.90 Å². The summed E-state index contributed by atoms with van der Waals surface area (Å²) in [5.41, 5.74) is 0.762. The molecule has 6 heteroatoms. The second-order valence-electron chi connectivity index (χ2n) is 6.38. The van der Waals surface area contributed by atoms with Crippen molar-refractivity contribution in [2.45, 2.75) is 69.0 Å². The van der Waals surface area contributed by atoms with Crippen LogP contribution in [0, 0.1) is 5.92 Å². The molecule has 0 aliphatic heterocycles. The first-order valence-corrected chi connectivity index (χ1v) is 8.99.